The highest BCUT2D eigenvalue weighted by Crippen LogP contribution is 2.25. The summed E-state index contributed by atoms with van der Waals surface area (Å²) < 4.78 is 5.74. The van der Waals surface area contributed by atoms with E-state index in [-0.39, 0.29) is 0 Å². The molecule has 0 bridgehead atoms. The molecule has 0 saturated carbocycles. The molecule has 0 aliphatic heterocycles. The first-order valence-electron chi connectivity index (χ1n) is 8.64. The van der Waals surface area contributed by atoms with Crippen LogP contribution in [0.15, 0.2) is 59.0 Å². The molecule has 2 aromatic carbocycles. The normalized spacial score (nSPS) is 11.2. The standard InChI is InChI=1S/C21H23N3OS/c1-15(2)13-25-19-6-4-5-17(11-19)12-22-24-21-23-20(14-26-21)18-9-7-16(3)8-10-18/h4-12,14-15H,13H2,1-3H3,(H,23,24)/b22-12-. The number of hydrazone groups is 1. The van der Waals surface area contributed by atoms with Gasteiger partial charge in [-0.15, -0.1) is 11.3 Å². The lowest BCUT2D eigenvalue weighted by Crippen LogP contribution is -2.04. The van der Waals surface area contributed by atoms with Crippen molar-refractivity contribution < 1.29 is 4.74 Å². The van der Waals surface area contributed by atoms with Gasteiger partial charge in [-0.2, -0.15) is 5.10 Å². The number of ether oxygens (including phenoxy) is 1. The summed E-state index contributed by atoms with van der Waals surface area (Å²) >= 11 is 1.54. The SMILES string of the molecule is Cc1ccc(-c2csc(N/N=C\c3cccc(OCC(C)C)c3)n2)cc1. The number of anilines is 1. The molecule has 5 heteroatoms. The van der Waals surface area contributed by atoms with Crippen molar-refractivity contribution in [2.45, 2.75) is 20.8 Å². The van der Waals surface area contributed by atoms with Gasteiger partial charge in [0, 0.05) is 10.9 Å². The van der Waals surface area contributed by atoms with Gasteiger partial charge in [-0.05, 0) is 30.5 Å². The van der Waals surface area contributed by atoms with Crippen LogP contribution < -0.4 is 10.2 Å². The van der Waals surface area contributed by atoms with Gasteiger partial charge in [-0.3, -0.25) is 5.43 Å². The zero-order chi connectivity index (χ0) is 18.4. The summed E-state index contributed by atoms with van der Waals surface area (Å²) in [6.07, 6.45) is 1.77. The lowest BCUT2D eigenvalue weighted by molar-refractivity contribution is 0.271. The van der Waals surface area contributed by atoms with E-state index in [1.54, 1.807) is 6.21 Å². The Bertz CT molecular complexity index is 869. The Morgan fingerprint density at radius 2 is 2.00 bits per heavy atom. The van der Waals surface area contributed by atoms with E-state index in [2.05, 4.69) is 60.5 Å². The lowest BCUT2D eigenvalue weighted by Gasteiger charge is -2.08. The summed E-state index contributed by atoms with van der Waals surface area (Å²) in [4.78, 5) is 4.58. The molecule has 1 heterocycles. The summed E-state index contributed by atoms with van der Waals surface area (Å²) in [7, 11) is 0. The maximum atomic E-state index is 5.74. The van der Waals surface area contributed by atoms with E-state index in [0.29, 0.717) is 12.5 Å². The second-order valence-corrected chi connectivity index (χ2v) is 7.41. The van der Waals surface area contributed by atoms with Crippen molar-refractivity contribution >= 4 is 22.7 Å². The zero-order valence-electron chi connectivity index (χ0n) is 15.3. The molecular weight excluding hydrogens is 342 g/mol. The van der Waals surface area contributed by atoms with E-state index >= 15 is 0 Å². The molecule has 0 amide bonds. The van der Waals surface area contributed by atoms with Gasteiger partial charge in [0.2, 0.25) is 5.13 Å². The fraction of sp³-hybridized carbons (Fsp3) is 0.238. The highest BCUT2D eigenvalue weighted by Gasteiger charge is 2.03. The third-order valence-corrected chi connectivity index (χ3v) is 4.41. The van der Waals surface area contributed by atoms with Crippen molar-refractivity contribution in [2.24, 2.45) is 11.0 Å². The third kappa shape index (κ3) is 5.17. The number of hydrogen-bond donors (Lipinski definition) is 1. The molecule has 0 aliphatic carbocycles. The molecule has 0 unspecified atom stereocenters. The molecule has 1 N–H and O–H groups in total. The van der Waals surface area contributed by atoms with Crippen LogP contribution in [0.2, 0.25) is 0 Å². The minimum atomic E-state index is 0.501. The second-order valence-electron chi connectivity index (χ2n) is 6.55. The van der Waals surface area contributed by atoms with E-state index in [9.17, 15) is 0 Å². The van der Waals surface area contributed by atoms with Crippen molar-refractivity contribution in [1.82, 2.24) is 4.98 Å². The monoisotopic (exact) mass is 365 g/mol. The van der Waals surface area contributed by atoms with Crippen molar-refractivity contribution in [1.29, 1.82) is 0 Å². The number of thiazole rings is 1. The minimum absolute atomic E-state index is 0.501. The molecule has 4 nitrogen and oxygen atoms in total. The predicted octanol–water partition coefficient (Wildman–Crippen LogP) is 5.60. The van der Waals surface area contributed by atoms with E-state index in [4.69, 9.17) is 4.74 Å². The molecule has 26 heavy (non-hydrogen) atoms. The Labute approximate surface area is 158 Å². The molecule has 0 fully saturated rings. The minimum Gasteiger partial charge on any atom is -0.493 e. The predicted molar refractivity (Wildman–Crippen MR) is 110 cm³/mol. The van der Waals surface area contributed by atoms with Gasteiger partial charge in [0.25, 0.3) is 0 Å². The average Bonchev–Trinajstić information content (AvgIpc) is 3.10. The van der Waals surface area contributed by atoms with Crippen LogP contribution in [-0.2, 0) is 0 Å². The van der Waals surface area contributed by atoms with Gasteiger partial charge in [-0.25, -0.2) is 4.98 Å². The summed E-state index contributed by atoms with van der Waals surface area (Å²) in [6.45, 7) is 7.05. The van der Waals surface area contributed by atoms with Crippen molar-refractivity contribution in [3.63, 3.8) is 0 Å². The fourth-order valence-corrected chi connectivity index (χ4v) is 2.96. The molecule has 0 atom stereocenters. The van der Waals surface area contributed by atoms with Crippen LogP contribution in [0.3, 0.4) is 0 Å². The van der Waals surface area contributed by atoms with Gasteiger partial charge < -0.3 is 4.74 Å². The Kier molecular flexibility index (Phi) is 6.02. The quantitative estimate of drug-likeness (QED) is 0.438. The molecule has 134 valence electrons. The molecule has 0 aliphatic rings. The number of hydrogen-bond acceptors (Lipinski definition) is 5. The number of aromatic nitrogens is 1. The first-order chi connectivity index (χ1) is 12.6. The van der Waals surface area contributed by atoms with Crippen LogP contribution in [0, 0.1) is 12.8 Å². The second kappa shape index (κ2) is 8.63. The van der Waals surface area contributed by atoms with Crippen LogP contribution in [0.1, 0.15) is 25.0 Å². The lowest BCUT2D eigenvalue weighted by atomic mass is 10.1. The van der Waals surface area contributed by atoms with Crippen molar-refractivity contribution in [2.75, 3.05) is 12.0 Å². The Morgan fingerprint density at radius 1 is 1.19 bits per heavy atom. The molecular formula is C21H23N3OS. The zero-order valence-corrected chi connectivity index (χ0v) is 16.1. The maximum absolute atomic E-state index is 5.74. The molecule has 0 saturated heterocycles. The summed E-state index contributed by atoms with van der Waals surface area (Å²) in [5.41, 5.74) is 7.29. The first kappa shape index (κ1) is 18.1. The topological polar surface area (TPSA) is 46.5 Å². The van der Waals surface area contributed by atoms with Crippen LogP contribution in [0.4, 0.5) is 5.13 Å². The van der Waals surface area contributed by atoms with E-state index < -0.39 is 0 Å². The summed E-state index contributed by atoms with van der Waals surface area (Å²) in [5.74, 6) is 1.36. The van der Waals surface area contributed by atoms with Crippen molar-refractivity contribution in [3.05, 3.63) is 65.0 Å². The number of aryl methyl sites for hydroxylation is 1. The molecule has 3 aromatic rings. The maximum Gasteiger partial charge on any atom is 0.203 e. The summed E-state index contributed by atoms with van der Waals surface area (Å²) in [5, 5.41) is 7.08. The fourth-order valence-electron chi connectivity index (χ4n) is 2.29. The van der Waals surface area contributed by atoms with Crippen LogP contribution in [-0.4, -0.2) is 17.8 Å². The summed E-state index contributed by atoms with van der Waals surface area (Å²) in [6, 6.07) is 16.3. The highest BCUT2D eigenvalue weighted by atomic mass is 32.1. The van der Waals surface area contributed by atoms with Crippen molar-refractivity contribution in [3.8, 4) is 17.0 Å². The van der Waals surface area contributed by atoms with E-state index in [0.717, 1.165) is 27.7 Å². The molecule has 0 radical (unpaired) electrons. The Balaban J connectivity index is 1.60. The largest absolute Gasteiger partial charge is 0.493 e. The molecule has 3 rings (SSSR count). The van der Waals surface area contributed by atoms with Gasteiger partial charge in [-0.1, -0.05) is 55.8 Å². The Hall–Kier alpha value is -2.66. The number of rotatable bonds is 7. The highest BCUT2D eigenvalue weighted by molar-refractivity contribution is 7.14. The number of nitrogens with zero attached hydrogens (tertiary/aromatic N) is 2. The van der Waals surface area contributed by atoms with Gasteiger partial charge in [0.05, 0.1) is 18.5 Å². The Morgan fingerprint density at radius 3 is 2.77 bits per heavy atom. The smallest absolute Gasteiger partial charge is 0.203 e. The van der Waals surface area contributed by atoms with E-state index in [1.165, 1.54) is 16.9 Å². The van der Waals surface area contributed by atoms with Gasteiger partial charge >= 0.3 is 0 Å². The van der Waals surface area contributed by atoms with Crippen LogP contribution in [0.5, 0.6) is 5.75 Å². The number of benzene rings is 2. The first-order valence-corrected chi connectivity index (χ1v) is 9.52. The molecule has 0 spiro atoms. The number of nitrogens with one attached hydrogen (secondary N) is 1. The van der Waals surface area contributed by atoms with Crippen LogP contribution >= 0.6 is 11.3 Å². The van der Waals surface area contributed by atoms with Crippen LogP contribution in [0.25, 0.3) is 11.3 Å². The average molecular weight is 366 g/mol. The van der Waals surface area contributed by atoms with E-state index in [1.807, 2.05) is 29.6 Å². The van der Waals surface area contributed by atoms with Gasteiger partial charge in [0.1, 0.15) is 5.75 Å². The third-order valence-electron chi connectivity index (χ3n) is 3.67. The molecule has 1 aromatic heterocycles. The van der Waals surface area contributed by atoms with Gasteiger partial charge in [0.15, 0.2) is 0 Å².